The van der Waals surface area contributed by atoms with E-state index in [1.165, 1.54) is 0 Å². The largest absolute Gasteiger partial charge is 0.465 e. The second kappa shape index (κ2) is 15.6. The van der Waals surface area contributed by atoms with Crippen molar-refractivity contribution in [2.75, 3.05) is 32.8 Å². The molecular formula is C36H43N5O7. The molecule has 3 heterocycles. The van der Waals surface area contributed by atoms with Crippen LogP contribution in [0.5, 0.6) is 0 Å². The Morgan fingerprint density at radius 1 is 0.938 bits per heavy atom. The number of aromatic amines is 1. The van der Waals surface area contributed by atoms with Gasteiger partial charge in [0, 0.05) is 44.2 Å². The van der Waals surface area contributed by atoms with Crippen LogP contribution in [0, 0.1) is 0 Å². The fourth-order valence-corrected chi connectivity index (χ4v) is 6.52. The Labute approximate surface area is 279 Å². The summed E-state index contributed by atoms with van der Waals surface area (Å²) in [7, 11) is 0. The van der Waals surface area contributed by atoms with E-state index in [-0.39, 0.29) is 50.2 Å². The minimum Gasteiger partial charge on any atom is -0.465 e. The number of aliphatic hydroxyl groups is 1. The molecule has 2 saturated heterocycles. The quantitative estimate of drug-likeness (QED) is 0.177. The third-order valence-electron chi connectivity index (χ3n) is 9.03. The van der Waals surface area contributed by atoms with Crippen LogP contribution in [0.1, 0.15) is 66.9 Å². The first-order valence-corrected chi connectivity index (χ1v) is 16.6. The number of likely N-dealkylation sites (tertiary alicyclic amines) is 1. The van der Waals surface area contributed by atoms with Crippen LogP contribution < -0.4 is 16.3 Å². The molecule has 1 aromatic heterocycles. The number of urea groups is 1. The number of nitrogens with zero attached hydrogens (tertiary/aromatic N) is 2. The predicted molar refractivity (Wildman–Crippen MR) is 179 cm³/mol. The average Bonchev–Trinajstić information content (AvgIpc) is 3.46. The van der Waals surface area contributed by atoms with Gasteiger partial charge >= 0.3 is 17.7 Å². The maximum atomic E-state index is 12.8. The van der Waals surface area contributed by atoms with E-state index in [1.54, 1.807) is 6.92 Å². The molecule has 254 valence electrons. The highest BCUT2D eigenvalue weighted by Gasteiger charge is 2.34. The van der Waals surface area contributed by atoms with Gasteiger partial charge in [0.1, 0.15) is 6.54 Å². The Hall–Kier alpha value is -4.49. The van der Waals surface area contributed by atoms with Gasteiger partial charge in [-0.25, -0.2) is 9.59 Å². The van der Waals surface area contributed by atoms with Gasteiger partial charge in [0.2, 0.25) is 0 Å². The monoisotopic (exact) mass is 657 g/mol. The SMILES string of the molecule is CCOC(=O)CNC(=O)NCc1ccc(C2OC(CN3CCC(n4c(=O)[nH]c5ccccc54)CC3)CC(c3ccc(CO)cc3)O2)cc1. The number of hydrogen-bond acceptors (Lipinski definition) is 8. The number of imidazole rings is 1. The van der Waals surface area contributed by atoms with Crippen molar-refractivity contribution >= 4 is 23.0 Å². The van der Waals surface area contributed by atoms with Crippen LogP contribution in [0.3, 0.4) is 0 Å². The number of benzene rings is 3. The summed E-state index contributed by atoms with van der Waals surface area (Å²) in [5.41, 5.74) is 5.37. The third-order valence-corrected chi connectivity index (χ3v) is 9.03. The van der Waals surface area contributed by atoms with Gasteiger partial charge in [-0.2, -0.15) is 0 Å². The molecule has 0 radical (unpaired) electrons. The smallest absolute Gasteiger partial charge is 0.326 e. The Balaban J connectivity index is 1.09. The van der Waals surface area contributed by atoms with Crippen LogP contribution in [0.2, 0.25) is 0 Å². The number of hydrogen-bond donors (Lipinski definition) is 4. The lowest BCUT2D eigenvalue weighted by molar-refractivity contribution is -0.253. The number of rotatable bonds is 11. The molecule has 3 unspecified atom stereocenters. The molecule has 12 heteroatoms. The highest BCUT2D eigenvalue weighted by Crippen LogP contribution is 2.38. The molecule has 3 atom stereocenters. The van der Waals surface area contributed by atoms with Crippen molar-refractivity contribution in [3.8, 4) is 0 Å². The molecular weight excluding hydrogens is 614 g/mol. The number of para-hydroxylation sites is 2. The van der Waals surface area contributed by atoms with Crippen LogP contribution in [0.15, 0.2) is 77.6 Å². The van der Waals surface area contributed by atoms with Crippen LogP contribution >= 0.6 is 0 Å². The van der Waals surface area contributed by atoms with Gasteiger partial charge in [0.15, 0.2) is 6.29 Å². The molecule has 2 amide bonds. The number of H-pyrrole nitrogens is 1. The zero-order valence-electron chi connectivity index (χ0n) is 27.1. The van der Waals surface area contributed by atoms with Gasteiger partial charge in [-0.05, 0) is 48.6 Å². The van der Waals surface area contributed by atoms with Gasteiger partial charge in [0.25, 0.3) is 0 Å². The van der Waals surface area contributed by atoms with Gasteiger partial charge in [-0.3, -0.25) is 9.36 Å². The lowest BCUT2D eigenvalue weighted by Gasteiger charge is -2.40. The number of aliphatic hydroxyl groups excluding tert-OH is 1. The molecule has 2 aliphatic heterocycles. The standard InChI is InChI=1S/C36H43N5O7/c1-2-46-33(43)21-38-35(44)37-20-24-7-13-27(14-8-24)34-47-29(19-32(48-34)26-11-9-25(23-42)10-12-26)22-40-17-15-28(16-18-40)41-31-6-4-3-5-30(31)39-36(41)45/h3-14,28-29,32,34,42H,2,15-23H2,1H3,(H,39,45)(H2,37,38,44). The first-order chi connectivity index (χ1) is 23.4. The van der Waals surface area contributed by atoms with Crippen molar-refractivity contribution in [1.29, 1.82) is 0 Å². The van der Waals surface area contributed by atoms with E-state index < -0.39 is 18.3 Å². The normalized spacial score (nSPS) is 20.4. The van der Waals surface area contributed by atoms with Gasteiger partial charge < -0.3 is 39.8 Å². The number of fused-ring (bicyclic) bond motifs is 1. The lowest BCUT2D eigenvalue weighted by atomic mass is 9.98. The summed E-state index contributed by atoms with van der Waals surface area (Å²) in [5, 5.41) is 14.8. The Bertz CT molecular complexity index is 1730. The summed E-state index contributed by atoms with van der Waals surface area (Å²) in [6.45, 7) is 4.49. The molecule has 12 nitrogen and oxygen atoms in total. The summed E-state index contributed by atoms with van der Waals surface area (Å²) in [4.78, 5) is 41.8. The summed E-state index contributed by atoms with van der Waals surface area (Å²) < 4.78 is 19.8. The topological polar surface area (TPSA) is 147 Å². The molecule has 48 heavy (non-hydrogen) atoms. The first-order valence-electron chi connectivity index (χ1n) is 16.6. The second-order valence-electron chi connectivity index (χ2n) is 12.3. The third kappa shape index (κ3) is 8.13. The molecule has 0 bridgehead atoms. The molecule has 0 saturated carbocycles. The van der Waals surface area contributed by atoms with Crippen LogP contribution in [0.4, 0.5) is 4.79 Å². The molecule has 3 aromatic carbocycles. The minimum atomic E-state index is -0.594. The van der Waals surface area contributed by atoms with Crippen molar-refractivity contribution in [1.82, 2.24) is 25.1 Å². The highest BCUT2D eigenvalue weighted by atomic mass is 16.7. The number of amides is 2. The van der Waals surface area contributed by atoms with Gasteiger partial charge in [-0.15, -0.1) is 0 Å². The molecule has 2 fully saturated rings. The van der Waals surface area contributed by atoms with E-state index in [2.05, 4.69) is 20.5 Å². The maximum Gasteiger partial charge on any atom is 0.326 e. The van der Waals surface area contributed by atoms with E-state index in [4.69, 9.17) is 14.2 Å². The average molecular weight is 658 g/mol. The van der Waals surface area contributed by atoms with E-state index in [9.17, 15) is 19.5 Å². The number of carbonyl (C=O) groups excluding carboxylic acids is 2. The van der Waals surface area contributed by atoms with Crippen molar-refractivity contribution in [2.45, 2.75) is 63.9 Å². The molecule has 0 aliphatic carbocycles. The molecule has 4 aromatic rings. The summed E-state index contributed by atoms with van der Waals surface area (Å²) in [6.07, 6.45) is 1.53. The molecule has 0 spiro atoms. The van der Waals surface area contributed by atoms with E-state index in [0.717, 1.165) is 65.8 Å². The first kappa shape index (κ1) is 33.4. The van der Waals surface area contributed by atoms with E-state index in [1.807, 2.05) is 77.4 Å². The lowest BCUT2D eigenvalue weighted by Crippen LogP contribution is -2.43. The number of nitrogens with one attached hydrogen (secondary N) is 3. The number of ether oxygens (including phenoxy) is 3. The maximum absolute atomic E-state index is 12.8. The second-order valence-corrected chi connectivity index (χ2v) is 12.3. The number of esters is 1. The predicted octanol–water partition coefficient (Wildman–Crippen LogP) is 4.07. The zero-order chi connectivity index (χ0) is 33.5. The molecule has 4 N–H and O–H groups in total. The van der Waals surface area contributed by atoms with Crippen molar-refractivity contribution in [3.05, 3.63) is 106 Å². The fourth-order valence-electron chi connectivity index (χ4n) is 6.52. The number of carbonyl (C=O) groups is 2. The Morgan fingerprint density at radius 3 is 2.38 bits per heavy atom. The van der Waals surface area contributed by atoms with Crippen molar-refractivity contribution in [3.63, 3.8) is 0 Å². The summed E-state index contributed by atoms with van der Waals surface area (Å²) in [6, 6.07) is 23.1. The minimum absolute atomic E-state index is 0.0188. The van der Waals surface area contributed by atoms with E-state index in [0.29, 0.717) is 6.42 Å². The number of piperidine rings is 1. The van der Waals surface area contributed by atoms with Gasteiger partial charge in [-0.1, -0.05) is 60.7 Å². The zero-order valence-corrected chi connectivity index (χ0v) is 27.1. The highest BCUT2D eigenvalue weighted by molar-refractivity contribution is 5.80. The van der Waals surface area contributed by atoms with Crippen LogP contribution in [0.25, 0.3) is 11.0 Å². The molecule has 2 aliphatic rings. The van der Waals surface area contributed by atoms with Crippen molar-refractivity contribution < 1.29 is 28.9 Å². The Kier molecular flexibility index (Phi) is 10.9. The fraction of sp³-hybridized carbons (Fsp3) is 0.417. The van der Waals surface area contributed by atoms with Crippen molar-refractivity contribution in [2.24, 2.45) is 0 Å². The Morgan fingerprint density at radius 2 is 1.65 bits per heavy atom. The summed E-state index contributed by atoms with van der Waals surface area (Å²) >= 11 is 0. The van der Waals surface area contributed by atoms with Gasteiger partial charge in [0.05, 0.1) is 36.5 Å². The number of aromatic nitrogens is 2. The van der Waals surface area contributed by atoms with E-state index >= 15 is 0 Å². The summed E-state index contributed by atoms with van der Waals surface area (Å²) in [5.74, 6) is -0.489. The van der Waals surface area contributed by atoms with Crippen LogP contribution in [-0.4, -0.2) is 70.4 Å². The molecule has 6 rings (SSSR count). The van der Waals surface area contributed by atoms with Crippen LogP contribution in [-0.2, 0) is 32.2 Å².